The number of ether oxygens (including phenoxy) is 1. The predicted molar refractivity (Wildman–Crippen MR) is 64.8 cm³/mol. The first-order chi connectivity index (χ1) is 7.27. The van der Waals surface area contributed by atoms with Gasteiger partial charge < -0.3 is 4.74 Å². The number of hydrogen-bond donors (Lipinski definition) is 1. The van der Waals surface area contributed by atoms with Crippen molar-refractivity contribution >= 4 is 10.0 Å². The highest BCUT2D eigenvalue weighted by Gasteiger charge is 2.39. The Labute approximate surface area is 98.8 Å². The van der Waals surface area contributed by atoms with Gasteiger partial charge in [0.2, 0.25) is 10.0 Å². The van der Waals surface area contributed by atoms with Crippen LogP contribution in [0.15, 0.2) is 0 Å². The first kappa shape index (κ1) is 13.9. The zero-order valence-corrected chi connectivity index (χ0v) is 11.4. The minimum Gasteiger partial charge on any atom is -0.385 e. The van der Waals surface area contributed by atoms with Crippen LogP contribution in [-0.2, 0) is 14.8 Å². The third kappa shape index (κ3) is 4.03. The summed E-state index contributed by atoms with van der Waals surface area (Å²) in [6.07, 6.45) is 2.32. The van der Waals surface area contributed by atoms with E-state index >= 15 is 0 Å². The van der Waals surface area contributed by atoms with Gasteiger partial charge in [0.25, 0.3) is 0 Å². The Hall–Kier alpha value is -0.130. The van der Waals surface area contributed by atoms with Gasteiger partial charge in [-0.15, -0.1) is 0 Å². The van der Waals surface area contributed by atoms with Gasteiger partial charge in [-0.1, -0.05) is 20.8 Å². The second-order valence-corrected chi connectivity index (χ2v) is 7.55. The normalized spacial score (nSPS) is 19.8. The van der Waals surface area contributed by atoms with E-state index in [0.29, 0.717) is 13.0 Å². The third-order valence-corrected chi connectivity index (χ3v) is 4.89. The van der Waals surface area contributed by atoms with Gasteiger partial charge in [0.1, 0.15) is 0 Å². The molecule has 1 rings (SSSR count). The largest absolute Gasteiger partial charge is 0.385 e. The van der Waals surface area contributed by atoms with Gasteiger partial charge in [-0.25, -0.2) is 13.1 Å². The molecule has 5 heteroatoms. The third-order valence-electron chi connectivity index (χ3n) is 2.93. The fourth-order valence-corrected chi connectivity index (χ4v) is 3.39. The zero-order valence-electron chi connectivity index (χ0n) is 10.6. The van der Waals surface area contributed by atoms with Gasteiger partial charge in [-0.3, -0.25) is 0 Å². The Kier molecular flexibility index (Phi) is 4.37. The van der Waals surface area contributed by atoms with Crippen LogP contribution in [0, 0.1) is 5.41 Å². The number of hydrogen-bond acceptors (Lipinski definition) is 3. The number of nitrogens with one attached hydrogen (secondary N) is 1. The molecule has 96 valence electrons. The molecule has 0 amide bonds. The Bertz CT molecular complexity index is 315. The standard InChI is InChI=1S/C11H23NO3S/c1-11(2,3)10(7-8-15-4)12-16(13,14)9-5-6-9/h9-10,12H,5-8H2,1-4H3. The van der Waals surface area contributed by atoms with Crippen LogP contribution in [0.4, 0.5) is 0 Å². The predicted octanol–water partition coefficient (Wildman–Crippen LogP) is 1.52. The van der Waals surface area contributed by atoms with Crippen molar-refractivity contribution in [2.24, 2.45) is 5.41 Å². The molecule has 0 aliphatic heterocycles. The van der Waals surface area contributed by atoms with Crippen molar-refractivity contribution in [1.29, 1.82) is 0 Å². The van der Waals surface area contributed by atoms with Crippen LogP contribution < -0.4 is 4.72 Å². The second kappa shape index (κ2) is 5.02. The monoisotopic (exact) mass is 249 g/mol. The molecular weight excluding hydrogens is 226 g/mol. The van der Waals surface area contributed by atoms with Crippen LogP contribution >= 0.6 is 0 Å². The zero-order chi connectivity index (χ0) is 12.4. The smallest absolute Gasteiger partial charge is 0.214 e. The lowest BCUT2D eigenvalue weighted by molar-refractivity contribution is 0.161. The summed E-state index contributed by atoms with van der Waals surface area (Å²) in [4.78, 5) is 0. The average Bonchev–Trinajstić information content (AvgIpc) is 2.92. The topological polar surface area (TPSA) is 55.4 Å². The Morgan fingerprint density at radius 3 is 2.31 bits per heavy atom. The maximum absolute atomic E-state index is 11.9. The summed E-state index contributed by atoms with van der Waals surface area (Å²) >= 11 is 0. The summed E-state index contributed by atoms with van der Waals surface area (Å²) in [6, 6.07) is -0.0574. The lowest BCUT2D eigenvalue weighted by atomic mass is 9.86. The molecular formula is C11H23NO3S. The second-order valence-electron chi connectivity index (χ2n) is 5.56. The first-order valence-electron chi connectivity index (χ1n) is 5.77. The molecule has 0 saturated heterocycles. The molecule has 1 aliphatic carbocycles. The molecule has 0 radical (unpaired) electrons. The molecule has 4 nitrogen and oxygen atoms in total. The molecule has 1 atom stereocenters. The lowest BCUT2D eigenvalue weighted by Crippen LogP contribution is -2.45. The summed E-state index contributed by atoms with van der Waals surface area (Å²) in [5.41, 5.74) is -0.0828. The van der Waals surface area contributed by atoms with Gasteiger partial charge in [-0.05, 0) is 24.7 Å². The van der Waals surface area contributed by atoms with E-state index in [-0.39, 0.29) is 16.7 Å². The molecule has 0 spiro atoms. The van der Waals surface area contributed by atoms with Crippen molar-refractivity contribution in [3.63, 3.8) is 0 Å². The number of rotatable bonds is 6. The summed E-state index contributed by atoms with van der Waals surface area (Å²) in [5.74, 6) is 0. The molecule has 1 aliphatic rings. The summed E-state index contributed by atoms with van der Waals surface area (Å²) in [6.45, 7) is 6.71. The van der Waals surface area contributed by atoms with Gasteiger partial charge in [0.15, 0.2) is 0 Å². The molecule has 1 N–H and O–H groups in total. The van der Waals surface area contributed by atoms with E-state index in [1.165, 1.54) is 0 Å². The molecule has 1 unspecified atom stereocenters. The molecule has 0 aromatic heterocycles. The summed E-state index contributed by atoms with van der Waals surface area (Å²) in [5, 5.41) is -0.153. The Morgan fingerprint density at radius 1 is 1.38 bits per heavy atom. The minimum absolute atomic E-state index is 0.0574. The Balaban J connectivity index is 2.62. The maximum Gasteiger partial charge on any atom is 0.214 e. The van der Waals surface area contributed by atoms with Crippen molar-refractivity contribution in [3.05, 3.63) is 0 Å². The van der Waals surface area contributed by atoms with Crippen LogP contribution in [0.2, 0.25) is 0 Å². The molecule has 0 aromatic rings. The van der Waals surface area contributed by atoms with Crippen molar-refractivity contribution in [2.75, 3.05) is 13.7 Å². The first-order valence-corrected chi connectivity index (χ1v) is 7.32. The molecule has 16 heavy (non-hydrogen) atoms. The van der Waals surface area contributed by atoms with E-state index in [9.17, 15) is 8.42 Å². The highest BCUT2D eigenvalue weighted by molar-refractivity contribution is 7.90. The molecule has 0 bridgehead atoms. The average molecular weight is 249 g/mol. The van der Waals surface area contributed by atoms with Gasteiger partial charge in [0, 0.05) is 19.8 Å². The number of sulfonamides is 1. The maximum atomic E-state index is 11.9. The Morgan fingerprint density at radius 2 is 1.94 bits per heavy atom. The number of methoxy groups -OCH3 is 1. The lowest BCUT2D eigenvalue weighted by Gasteiger charge is -2.31. The van der Waals surface area contributed by atoms with Gasteiger partial charge >= 0.3 is 0 Å². The van der Waals surface area contributed by atoms with E-state index in [1.807, 2.05) is 20.8 Å². The van der Waals surface area contributed by atoms with Gasteiger partial charge in [0.05, 0.1) is 5.25 Å². The summed E-state index contributed by atoms with van der Waals surface area (Å²) < 4.78 is 31.6. The van der Waals surface area contributed by atoms with E-state index < -0.39 is 10.0 Å². The fourth-order valence-electron chi connectivity index (χ4n) is 1.58. The van der Waals surface area contributed by atoms with Crippen LogP contribution in [-0.4, -0.2) is 33.4 Å². The van der Waals surface area contributed by atoms with Crippen LogP contribution in [0.5, 0.6) is 0 Å². The fraction of sp³-hybridized carbons (Fsp3) is 1.00. The molecule has 1 saturated carbocycles. The van der Waals surface area contributed by atoms with Crippen molar-refractivity contribution in [3.8, 4) is 0 Å². The minimum atomic E-state index is -3.11. The molecule has 1 fully saturated rings. The van der Waals surface area contributed by atoms with Crippen molar-refractivity contribution in [2.45, 2.75) is 51.3 Å². The van der Waals surface area contributed by atoms with Crippen LogP contribution in [0.3, 0.4) is 0 Å². The van der Waals surface area contributed by atoms with Gasteiger partial charge in [-0.2, -0.15) is 0 Å². The van der Waals surface area contributed by atoms with Crippen molar-refractivity contribution in [1.82, 2.24) is 4.72 Å². The van der Waals surface area contributed by atoms with E-state index in [0.717, 1.165) is 12.8 Å². The van der Waals surface area contributed by atoms with E-state index in [4.69, 9.17) is 4.74 Å². The van der Waals surface area contributed by atoms with E-state index in [2.05, 4.69) is 4.72 Å². The highest BCUT2D eigenvalue weighted by Crippen LogP contribution is 2.30. The van der Waals surface area contributed by atoms with Crippen LogP contribution in [0.25, 0.3) is 0 Å². The molecule has 0 heterocycles. The van der Waals surface area contributed by atoms with E-state index in [1.54, 1.807) is 7.11 Å². The highest BCUT2D eigenvalue weighted by atomic mass is 32.2. The van der Waals surface area contributed by atoms with Crippen LogP contribution in [0.1, 0.15) is 40.0 Å². The SMILES string of the molecule is COCCC(NS(=O)(=O)C1CC1)C(C)(C)C. The molecule has 0 aromatic carbocycles. The van der Waals surface area contributed by atoms with Crippen molar-refractivity contribution < 1.29 is 13.2 Å². The summed E-state index contributed by atoms with van der Waals surface area (Å²) in [7, 11) is -1.47. The quantitative estimate of drug-likeness (QED) is 0.776.